The molecule has 0 saturated carbocycles. The number of nitrogens with one attached hydrogen (secondary N) is 1. The Bertz CT molecular complexity index is 544. The van der Waals surface area contributed by atoms with Crippen LogP contribution in [0.4, 0.5) is 0 Å². The largest absolute Gasteiger partial charge is 0.468 e. The number of hydrogen-bond acceptors (Lipinski definition) is 5. The molecule has 0 aromatic carbocycles. The molecule has 0 amide bonds. The fourth-order valence-corrected chi connectivity index (χ4v) is 3.06. The molecule has 1 aliphatic heterocycles. The highest BCUT2D eigenvalue weighted by Crippen LogP contribution is 2.26. The molecule has 0 unspecified atom stereocenters. The van der Waals surface area contributed by atoms with Gasteiger partial charge in [-0.05, 0) is 51.9 Å². The molecule has 1 aliphatic rings. The molecule has 1 N–H and O–H groups in total. The number of likely N-dealkylation sites (tertiary alicyclic amines) is 1. The summed E-state index contributed by atoms with van der Waals surface area (Å²) in [6, 6.07) is 4.55. The van der Waals surface area contributed by atoms with E-state index in [1.165, 1.54) is 12.8 Å². The molecule has 1 saturated heterocycles. The Morgan fingerprint density at radius 2 is 2.19 bits per heavy atom. The summed E-state index contributed by atoms with van der Waals surface area (Å²) in [5.74, 6) is 1.04. The van der Waals surface area contributed by atoms with Gasteiger partial charge in [0.25, 0.3) is 0 Å². The minimum absolute atomic E-state index is 0.219. The van der Waals surface area contributed by atoms with Crippen LogP contribution < -0.4 is 5.32 Å². The number of aromatic nitrogens is 1. The predicted octanol–water partition coefficient (Wildman–Crippen LogP) is 3.06. The Morgan fingerprint density at radius 3 is 2.81 bits per heavy atom. The van der Waals surface area contributed by atoms with Gasteiger partial charge in [-0.2, -0.15) is 0 Å². The molecule has 0 bridgehead atoms. The third kappa shape index (κ3) is 3.19. The first-order valence-electron chi connectivity index (χ1n) is 7.67. The first kappa shape index (κ1) is 14.4. The quantitative estimate of drug-likeness (QED) is 0.885. The van der Waals surface area contributed by atoms with Gasteiger partial charge in [0.2, 0.25) is 0 Å². The van der Waals surface area contributed by atoms with Gasteiger partial charge in [-0.3, -0.25) is 4.90 Å². The molecule has 5 heteroatoms. The lowest BCUT2D eigenvalue weighted by Gasteiger charge is -2.27. The minimum atomic E-state index is 0.219. The Hall–Kier alpha value is -1.59. The van der Waals surface area contributed by atoms with E-state index < -0.39 is 0 Å². The standard InChI is InChI=1S/C16H23N3O2/c1-12(14-11-21-18-13(14)2)17-10-15(16-6-5-9-20-16)19-7-3-4-8-19/h5-6,9,11-12,15,17H,3-4,7-8,10H2,1-2H3/t12-,15+/m1/s1. The number of nitrogens with zero attached hydrogens (tertiary/aromatic N) is 2. The predicted molar refractivity (Wildman–Crippen MR) is 79.9 cm³/mol. The van der Waals surface area contributed by atoms with Crippen LogP contribution in [-0.2, 0) is 0 Å². The van der Waals surface area contributed by atoms with Crippen LogP contribution in [0.3, 0.4) is 0 Å². The van der Waals surface area contributed by atoms with Gasteiger partial charge in [0.1, 0.15) is 12.0 Å². The van der Waals surface area contributed by atoms with Crippen molar-refractivity contribution in [3.8, 4) is 0 Å². The maximum Gasteiger partial charge on any atom is 0.128 e. The van der Waals surface area contributed by atoms with Crippen molar-refractivity contribution in [2.45, 2.75) is 38.8 Å². The minimum Gasteiger partial charge on any atom is -0.468 e. The van der Waals surface area contributed by atoms with Gasteiger partial charge in [-0.1, -0.05) is 5.16 Å². The average Bonchev–Trinajstić information content (AvgIpc) is 3.21. The first-order chi connectivity index (χ1) is 10.3. The van der Waals surface area contributed by atoms with E-state index in [1.54, 1.807) is 12.5 Å². The monoisotopic (exact) mass is 289 g/mol. The molecule has 114 valence electrons. The summed E-state index contributed by atoms with van der Waals surface area (Å²) < 4.78 is 10.7. The molecule has 1 fully saturated rings. The van der Waals surface area contributed by atoms with Crippen molar-refractivity contribution in [2.75, 3.05) is 19.6 Å². The summed E-state index contributed by atoms with van der Waals surface area (Å²) in [7, 11) is 0. The highest BCUT2D eigenvalue weighted by Gasteiger charge is 2.26. The van der Waals surface area contributed by atoms with Crippen LogP contribution in [0, 0.1) is 6.92 Å². The van der Waals surface area contributed by atoms with Gasteiger partial charge >= 0.3 is 0 Å². The van der Waals surface area contributed by atoms with E-state index in [4.69, 9.17) is 8.94 Å². The van der Waals surface area contributed by atoms with Crippen LogP contribution in [-0.4, -0.2) is 29.7 Å². The molecule has 3 rings (SSSR count). The summed E-state index contributed by atoms with van der Waals surface area (Å²) in [4.78, 5) is 2.50. The topological polar surface area (TPSA) is 54.4 Å². The molecular formula is C16H23N3O2. The zero-order valence-corrected chi connectivity index (χ0v) is 12.7. The Labute approximate surface area is 125 Å². The van der Waals surface area contributed by atoms with Gasteiger partial charge in [0.05, 0.1) is 18.0 Å². The normalized spacial score (nSPS) is 19.0. The van der Waals surface area contributed by atoms with E-state index in [0.29, 0.717) is 6.04 Å². The van der Waals surface area contributed by atoms with E-state index in [-0.39, 0.29) is 6.04 Å². The van der Waals surface area contributed by atoms with Crippen LogP contribution in [0.1, 0.15) is 48.9 Å². The molecule has 0 spiro atoms. The van der Waals surface area contributed by atoms with Crippen LogP contribution in [0.15, 0.2) is 33.6 Å². The van der Waals surface area contributed by atoms with Crippen molar-refractivity contribution in [2.24, 2.45) is 0 Å². The van der Waals surface area contributed by atoms with E-state index in [1.807, 2.05) is 13.0 Å². The molecule has 5 nitrogen and oxygen atoms in total. The zero-order chi connectivity index (χ0) is 14.7. The van der Waals surface area contributed by atoms with Gasteiger partial charge in [0.15, 0.2) is 0 Å². The van der Waals surface area contributed by atoms with E-state index in [2.05, 4.69) is 28.4 Å². The second-order valence-electron chi connectivity index (χ2n) is 5.76. The summed E-state index contributed by atoms with van der Waals surface area (Å²) in [6.45, 7) is 7.27. The smallest absolute Gasteiger partial charge is 0.128 e. The first-order valence-corrected chi connectivity index (χ1v) is 7.67. The molecule has 2 aromatic heterocycles. The SMILES string of the molecule is Cc1nocc1[C@@H](C)NC[C@@H](c1ccco1)N1CCCC1. The third-order valence-corrected chi connectivity index (χ3v) is 4.32. The van der Waals surface area contributed by atoms with Gasteiger partial charge in [-0.25, -0.2) is 0 Å². The molecule has 2 aromatic rings. The Kier molecular flexibility index (Phi) is 4.41. The van der Waals surface area contributed by atoms with Crippen LogP contribution in [0.5, 0.6) is 0 Å². The van der Waals surface area contributed by atoms with Crippen LogP contribution in [0.25, 0.3) is 0 Å². The second kappa shape index (κ2) is 6.45. The molecule has 3 heterocycles. The average molecular weight is 289 g/mol. The van der Waals surface area contributed by atoms with Crippen LogP contribution in [0.2, 0.25) is 0 Å². The molecular weight excluding hydrogens is 266 g/mol. The van der Waals surface area contributed by atoms with E-state index >= 15 is 0 Å². The maximum atomic E-state index is 5.64. The van der Waals surface area contributed by atoms with Crippen molar-refractivity contribution in [1.82, 2.24) is 15.4 Å². The van der Waals surface area contributed by atoms with Crippen molar-refractivity contribution in [3.63, 3.8) is 0 Å². The van der Waals surface area contributed by atoms with Gasteiger partial charge < -0.3 is 14.3 Å². The third-order valence-electron chi connectivity index (χ3n) is 4.32. The fourth-order valence-electron chi connectivity index (χ4n) is 3.06. The van der Waals surface area contributed by atoms with E-state index in [0.717, 1.165) is 36.7 Å². The second-order valence-corrected chi connectivity index (χ2v) is 5.76. The summed E-state index contributed by atoms with van der Waals surface area (Å²) in [5.41, 5.74) is 2.07. The number of hydrogen-bond donors (Lipinski definition) is 1. The number of rotatable bonds is 6. The van der Waals surface area contributed by atoms with Crippen molar-refractivity contribution >= 4 is 0 Å². The molecule has 0 radical (unpaired) electrons. The van der Waals surface area contributed by atoms with Crippen molar-refractivity contribution in [1.29, 1.82) is 0 Å². The van der Waals surface area contributed by atoms with Gasteiger partial charge in [-0.15, -0.1) is 0 Å². The summed E-state index contributed by atoms with van der Waals surface area (Å²) >= 11 is 0. The fraction of sp³-hybridized carbons (Fsp3) is 0.562. The van der Waals surface area contributed by atoms with Crippen molar-refractivity contribution in [3.05, 3.63) is 41.7 Å². The Balaban J connectivity index is 1.66. The lowest BCUT2D eigenvalue weighted by atomic mass is 10.1. The maximum absolute atomic E-state index is 5.64. The highest BCUT2D eigenvalue weighted by atomic mass is 16.5. The Morgan fingerprint density at radius 1 is 1.38 bits per heavy atom. The zero-order valence-electron chi connectivity index (χ0n) is 12.7. The lowest BCUT2D eigenvalue weighted by molar-refractivity contribution is 0.205. The molecule has 21 heavy (non-hydrogen) atoms. The summed E-state index contributed by atoms with van der Waals surface area (Å²) in [5, 5.41) is 7.54. The highest BCUT2D eigenvalue weighted by molar-refractivity contribution is 5.17. The van der Waals surface area contributed by atoms with Crippen LogP contribution >= 0.6 is 0 Å². The molecule has 2 atom stereocenters. The van der Waals surface area contributed by atoms with Gasteiger partial charge in [0, 0.05) is 18.2 Å². The lowest BCUT2D eigenvalue weighted by Crippen LogP contribution is -2.35. The summed E-state index contributed by atoms with van der Waals surface area (Å²) in [6.07, 6.45) is 6.03. The number of furan rings is 1. The number of aryl methyl sites for hydroxylation is 1. The van der Waals surface area contributed by atoms with Crippen molar-refractivity contribution < 1.29 is 8.94 Å². The molecule has 0 aliphatic carbocycles. The van der Waals surface area contributed by atoms with E-state index in [9.17, 15) is 0 Å².